The molecule has 0 aromatic rings. The van der Waals surface area contributed by atoms with Gasteiger partial charge in [-0.25, -0.2) is 0 Å². The molecule has 0 aliphatic rings. The number of carbonyl (C=O) groups excluding carboxylic acids is 2. The summed E-state index contributed by atoms with van der Waals surface area (Å²) in [5, 5.41) is 18.8. The Kier molecular flexibility index (Phi) is 7.41. The van der Waals surface area contributed by atoms with Gasteiger partial charge in [0.25, 0.3) is 0 Å². The molecule has 9 heavy (non-hydrogen) atoms. The van der Waals surface area contributed by atoms with Crippen LogP contribution in [-0.4, -0.2) is 11.9 Å². The summed E-state index contributed by atoms with van der Waals surface area (Å²) in [5.41, 5.74) is 0. The third-order valence-corrected chi connectivity index (χ3v) is 0.355. The van der Waals surface area contributed by atoms with Crippen LogP contribution >= 0.6 is 0 Å². The molecule has 0 aromatic heterocycles. The molecule has 0 atom stereocenters. The summed E-state index contributed by atoms with van der Waals surface area (Å²) in [4.78, 5) is 18.8. The Labute approximate surface area is 73.5 Å². The molecular formula is C4H2NaO4-. The largest absolute Gasteiger partial charge is 1.00 e. The molecule has 0 heterocycles. The molecule has 0 aromatic carbocycles. The van der Waals surface area contributed by atoms with Gasteiger partial charge in [0.2, 0.25) is 0 Å². The van der Waals surface area contributed by atoms with Crippen molar-refractivity contribution in [3.63, 3.8) is 0 Å². The zero-order chi connectivity index (χ0) is 6.57. The average Bonchev–Trinajstić information content (AvgIpc) is 1.61. The van der Waals surface area contributed by atoms with Crippen molar-refractivity contribution >= 4 is 11.9 Å². The summed E-state index contributed by atoms with van der Waals surface area (Å²) >= 11 is 0. The molecular weight excluding hydrogens is 135 g/mol. The van der Waals surface area contributed by atoms with Crippen molar-refractivity contribution in [2.45, 2.75) is 0 Å². The van der Waals surface area contributed by atoms with Crippen molar-refractivity contribution in [3.05, 3.63) is 12.2 Å². The van der Waals surface area contributed by atoms with Gasteiger partial charge in [0, 0.05) is 0 Å². The number of rotatable bonds is 2. The fourth-order valence-electron chi connectivity index (χ4n) is 0.136. The summed E-state index contributed by atoms with van der Waals surface area (Å²) in [6.45, 7) is 0. The van der Waals surface area contributed by atoms with Crippen LogP contribution in [0.5, 0.6) is 0 Å². The summed E-state index contributed by atoms with van der Waals surface area (Å²) in [6.07, 6.45) is 0.769. The van der Waals surface area contributed by atoms with Gasteiger partial charge >= 0.3 is 29.6 Å². The van der Waals surface area contributed by atoms with E-state index in [4.69, 9.17) is 0 Å². The van der Waals surface area contributed by atoms with Crippen molar-refractivity contribution in [2.75, 3.05) is 0 Å². The van der Waals surface area contributed by atoms with Gasteiger partial charge in [-0.05, 0) is 12.2 Å². The molecule has 0 fully saturated rings. The van der Waals surface area contributed by atoms with Crippen LogP contribution in [0.2, 0.25) is 0 Å². The van der Waals surface area contributed by atoms with Crippen LogP contribution in [0.15, 0.2) is 12.2 Å². The molecule has 0 radical (unpaired) electrons. The Balaban J connectivity index is 0. The first kappa shape index (κ1) is 11.5. The third-order valence-electron chi connectivity index (χ3n) is 0.355. The van der Waals surface area contributed by atoms with Crippen LogP contribution in [0.1, 0.15) is 0 Å². The quantitative estimate of drug-likeness (QED) is 0.280. The van der Waals surface area contributed by atoms with E-state index in [2.05, 4.69) is 0 Å². The second-order valence-electron chi connectivity index (χ2n) is 0.971. The van der Waals surface area contributed by atoms with Gasteiger partial charge in [-0.1, -0.05) is 0 Å². The summed E-state index contributed by atoms with van der Waals surface area (Å²) in [5.74, 6) is -3.09. The Morgan fingerprint density at radius 3 is 1.33 bits per heavy atom. The van der Waals surface area contributed by atoms with Gasteiger partial charge < -0.3 is 19.8 Å². The van der Waals surface area contributed by atoms with E-state index < -0.39 is 11.9 Å². The number of hydrogen-bond acceptors (Lipinski definition) is 4. The van der Waals surface area contributed by atoms with E-state index in [1.54, 1.807) is 0 Å². The first-order valence-electron chi connectivity index (χ1n) is 1.73. The molecule has 0 unspecified atom stereocenters. The Hall–Kier alpha value is -0.320. The second-order valence-corrected chi connectivity index (χ2v) is 0.971. The number of carboxylic acid groups (broad SMARTS) is 2. The van der Waals surface area contributed by atoms with E-state index in [0.29, 0.717) is 12.2 Å². The zero-order valence-electron chi connectivity index (χ0n) is 4.79. The molecule has 0 N–H and O–H groups in total. The van der Waals surface area contributed by atoms with Crippen molar-refractivity contribution in [2.24, 2.45) is 0 Å². The van der Waals surface area contributed by atoms with Gasteiger partial charge in [0.15, 0.2) is 0 Å². The minimum Gasteiger partial charge on any atom is -0.545 e. The van der Waals surface area contributed by atoms with Crippen LogP contribution in [0, 0.1) is 0 Å². The Morgan fingerprint density at radius 2 is 1.22 bits per heavy atom. The first-order valence-corrected chi connectivity index (χ1v) is 1.73. The topological polar surface area (TPSA) is 80.3 Å². The van der Waals surface area contributed by atoms with E-state index in [9.17, 15) is 19.8 Å². The number of carboxylic acids is 2. The third kappa shape index (κ3) is 11.3. The molecule has 0 aliphatic heterocycles. The van der Waals surface area contributed by atoms with E-state index in [1.807, 2.05) is 0 Å². The number of aliphatic carboxylic acids is 2. The van der Waals surface area contributed by atoms with E-state index in [-0.39, 0.29) is 29.6 Å². The second kappa shape index (κ2) is 5.81. The van der Waals surface area contributed by atoms with Crippen LogP contribution in [0.4, 0.5) is 0 Å². The maximum Gasteiger partial charge on any atom is 1.00 e. The zero-order valence-corrected chi connectivity index (χ0v) is 6.79. The minimum absolute atomic E-state index is 0. The number of carbonyl (C=O) groups is 2. The van der Waals surface area contributed by atoms with Gasteiger partial charge in [0.05, 0.1) is 11.9 Å². The molecule has 44 valence electrons. The standard InChI is InChI=1S/C4H4O4.Na/c5-3(6)1-2-4(7)8;/h1-2H,(H,5,6)(H,7,8);/q;+1/p-2/b2-1-;. The fourth-order valence-corrected chi connectivity index (χ4v) is 0.136. The molecule has 0 aliphatic carbocycles. The van der Waals surface area contributed by atoms with Gasteiger partial charge in [-0.2, -0.15) is 0 Å². The molecule has 0 saturated carbocycles. The summed E-state index contributed by atoms with van der Waals surface area (Å²) < 4.78 is 0. The molecule has 0 saturated heterocycles. The maximum absolute atomic E-state index is 9.41. The predicted molar refractivity (Wildman–Crippen MR) is 19.2 cm³/mol. The van der Waals surface area contributed by atoms with Crippen molar-refractivity contribution in [1.29, 1.82) is 0 Å². The Morgan fingerprint density at radius 1 is 1.00 bits per heavy atom. The van der Waals surface area contributed by atoms with Crippen molar-refractivity contribution in [1.82, 2.24) is 0 Å². The van der Waals surface area contributed by atoms with Gasteiger partial charge in [0.1, 0.15) is 0 Å². The normalized spacial score (nSPS) is 8.44. The van der Waals surface area contributed by atoms with Gasteiger partial charge in [-0.15, -0.1) is 0 Å². The average molecular weight is 137 g/mol. The van der Waals surface area contributed by atoms with E-state index in [1.165, 1.54) is 0 Å². The molecule has 4 nitrogen and oxygen atoms in total. The maximum atomic E-state index is 9.41. The van der Waals surface area contributed by atoms with Gasteiger partial charge in [-0.3, -0.25) is 0 Å². The van der Waals surface area contributed by atoms with Crippen LogP contribution < -0.4 is 39.8 Å². The molecule has 5 heteroatoms. The number of hydrogen-bond donors (Lipinski definition) is 0. The van der Waals surface area contributed by atoms with Crippen LogP contribution in [0.25, 0.3) is 0 Å². The molecule has 0 amide bonds. The first-order chi connectivity index (χ1) is 3.63. The fraction of sp³-hybridized carbons (Fsp3) is 0. The monoisotopic (exact) mass is 137 g/mol. The molecule has 0 spiro atoms. The molecule has 0 bridgehead atoms. The predicted octanol–water partition coefficient (Wildman–Crippen LogP) is -5.95. The van der Waals surface area contributed by atoms with E-state index >= 15 is 0 Å². The molecule has 0 rings (SSSR count). The smallest absolute Gasteiger partial charge is 0.545 e. The van der Waals surface area contributed by atoms with E-state index in [0.717, 1.165) is 0 Å². The van der Waals surface area contributed by atoms with Crippen LogP contribution in [0.3, 0.4) is 0 Å². The van der Waals surface area contributed by atoms with Crippen LogP contribution in [-0.2, 0) is 9.59 Å². The van der Waals surface area contributed by atoms with Crippen molar-refractivity contribution < 1.29 is 49.4 Å². The summed E-state index contributed by atoms with van der Waals surface area (Å²) in [7, 11) is 0. The minimum atomic E-state index is -1.55. The van der Waals surface area contributed by atoms with Crippen molar-refractivity contribution in [3.8, 4) is 0 Å². The SMILES string of the molecule is O=C([O-])/C=C\C(=O)[O-].[Na+]. The Bertz CT molecular complexity index is 124. The summed E-state index contributed by atoms with van der Waals surface area (Å²) in [6, 6.07) is 0.